The lowest BCUT2D eigenvalue weighted by Gasteiger charge is -2.24. The first-order valence-corrected chi connectivity index (χ1v) is 11.3. The zero-order valence-electron chi connectivity index (χ0n) is 14.3. The number of hydrogen-bond acceptors (Lipinski definition) is 2. The Hall–Kier alpha value is -1.87. The van der Waals surface area contributed by atoms with E-state index in [1.165, 1.54) is 5.19 Å². The summed E-state index contributed by atoms with van der Waals surface area (Å²) in [6.45, 7) is 9.54. The highest BCUT2D eigenvalue weighted by molar-refractivity contribution is 6.92. The van der Waals surface area contributed by atoms with E-state index >= 15 is 0 Å². The van der Waals surface area contributed by atoms with Gasteiger partial charge in [-0.15, -0.1) is 0 Å². The van der Waals surface area contributed by atoms with Crippen LogP contribution in [-0.2, 0) is 0 Å². The summed E-state index contributed by atoms with van der Waals surface area (Å²) in [5, 5.41) is 11.4. The van der Waals surface area contributed by atoms with Crippen LogP contribution < -0.4 is 5.19 Å². The topological polar surface area (TPSA) is 32.6 Å². The molecule has 120 valence electrons. The minimum atomic E-state index is -1.57. The van der Waals surface area contributed by atoms with Gasteiger partial charge in [0.05, 0.1) is 14.1 Å². The van der Waals surface area contributed by atoms with E-state index in [4.69, 9.17) is 4.99 Å². The molecule has 0 spiro atoms. The van der Waals surface area contributed by atoms with E-state index < -0.39 is 8.07 Å². The van der Waals surface area contributed by atoms with Crippen LogP contribution in [0.15, 0.2) is 59.6 Å². The lowest BCUT2D eigenvalue weighted by molar-refractivity contribution is 0.474. The highest BCUT2D eigenvalue weighted by Crippen LogP contribution is 2.63. The largest absolute Gasteiger partial charge is 0.507 e. The predicted octanol–water partition coefficient (Wildman–Crippen LogP) is 4.21. The van der Waals surface area contributed by atoms with Crippen molar-refractivity contribution < 1.29 is 5.11 Å². The third-order valence-electron chi connectivity index (χ3n) is 5.38. The van der Waals surface area contributed by atoms with Gasteiger partial charge in [0.1, 0.15) is 5.75 Å². The number of aromatic hydroxyl groups is 1. The van der Waals surface area contributed by atoms with Gasteiger partial charge in [-0.3, -0.25) is 4.99 Å². The van der Waals surface area contributed by atoms with Gasteiger partial charge in [0.25, 0.3) is 0 Å². The molecule has 0 radical (unpaired) electrons. The molecule has 0 amide bonds. The summed E-state index contributed by atoms with van der Waals surface area (Å²) in [7, 11) is -1.57. The number of rotatable bonds is 4. The van der Waals surface area contributed by atoms with Crippen molar-refractivity contribution in [2.24, 2.45) is 10.4 Å². The van der Waals surface area contributed by atoms with Gasteiger partial charge in [-0.25, -0.2) is 0 Å². The molecule has 0 bridgehead atoms. The van der Waals surface area contributed by atoms with Crippen LogP contribution in [0.5, 0.6) is 5.75 Å². The molecular formula is C20H25NOSi. The minimum absolute atomic E-state index is 0.229. The highest BCUT2D eigenvalue weighted by atomic mass is 28.3. The number of para-hydroxylation sites is 1. The Kier molecular flexibility index (Phi) is 3.92. The van der Waals surface area contributed by atoms with Crippen LogP contribution in [0.2, 0.25) is 18.6 Å². The van der Waals surface area contributed by atoms with Crippen LogP contribution in [0.1, 0.15) is 19.4 Å². The number of aliphatic imine (C=N–C) groups is 1. The molecular weight excluding hydrogens is 298 g/mol. The second-order valence-corrected chi connectivity index (χ2v) is 12.3. The van der Waals surface area contributed by atoms with Gasteiger partial charge in [-0.1, -0.05) is 74.6 Å². The molecule has 1 saturated carbocycles. The van der Waals surface area contributed by atoms with Crippen molar-refractivity contribution in [3.63, 3.8) is 0 Å². The van der Waals surface area contributed by atoms with Crippen molar-refractivity contribution >= 4 is 19.5 Å². The molecule has 1 fully saturated rings. The van der Waals surface area contributed by atoms with Crippen molar-refractivity contribution in [2.75, 3.05) is 0 Å². The maximum absolute atomic E-state index is 9.90. The van der Waals surface area contributed by atoms with E-state index in [-0.39, 0.29) is 5.41 Å². The number of phenols is 1. The van der Waals surface area contributed by atoms with Gasteiger partial charge in [0, 0.05) is 11.8 Å². The van der Waals surface area contributed by atoms with E-state index in [9.17, 15) is 5.11 Å². The zero-order valence-corrected chi connectivity index (χ0v) is 15.3. The Bertz CT molecular complexity index is 721. The van der Waals surface area contributed by atoms with Crippen LogP contribution >= 0.6 is 0 Å². The molecule has 2 nitrogen and oxygen atoms in total. The van der Waals surface area contributed by atoms with Crippen LogP contribution in [0.25, 0.3) is 0 Å². The van der Waals surface area contributed by atoms with E-state index in [0.717, 1.165) is 5.56 Å². The second kappa shape index (κ2) is 5.64. The highest BCUT2D eigenvalue weighted by Gasteiger charge is 2.64. The molecule has 0 unspecified atom stereocenters. The van der Waals surface area contributed by atoms with E-state index in [0.29, 0.717) is 17.3 Å². The van der Waals surface area contributed by atoms with E-state index in [2.05, 4.69) is 57.3 Å². The summed E-state index contributed by atoms with van der Waals surface area (Å²) < 4.78 is 0. The van der Waals surface area contributed by atoms with Gasteiger partial charge in [-0.2, -0.15) is 0 Å². The normalized spacial score (nSPS) is 23.1. The fourth-order valence-electron chi connectivity index (χ4n) is 4.02. The maximum Gasteiger partial charge on any atom is 0.124 e. The Morgan fingerprint density at radius 2 is 1.61 bits per heavy atom. The molecule has 0 saturated heterocycles. The van der Waals surface area contributed by atoms with Crippen LogP contribution in [0.4, 0.5) is 0 Å². The summed E-state index contributed by atoms with van der Waals surface area (Å²) in [5.41, 5.74) is 1.65. The van der Waals surface area contributed by atoms with E-state index in [1.807, 2.05) is 24.4 Å². The molecule has 3 rings (SSSR count). The first-order chi connectivity index (χ1) is 10.8. The summed E-state index contributed by atoms with van der Waals surface area (Å²) in [6.07, 6.45) is 1.84. The van der Waals surface area contributed by atoms with Crippen LogP contribution in [0.3, 0.4) is 0 Å². The molecule has 3 heteroatoms. The summed E-state index contributed by atoms with van der Waals surface area (Å²) in [5.74, 6) is 0.297. The van der Waals surface area contributed by atoms with Crippen LogP contribution in [-0.4, -0.2) is 25.4 Å². The summed E-state index contributed by atoms with van der Waals surface area (Å²) in [6, 6.07) is 18.6. The summed E-state index contributed by atoms with van der Waals surface area (Å²) >= 11 is 0. The Morgan fingerprint density at radius 3 is 2.26 bits per heavy atom. The van der Waals surface area contributed by atoms with Gasteiger partial charge >= 0.3 is 0 Å². The molecule has 0 aromatic heterocycles. The van der Waals surface area contributed by atoms with Gasteiger partial charge in [-0.05, 0) is 23.1 Å². The lowest BCUT2D eigenvalue weighted by Crippen LogP contribution is -2.43. The fraction of sp³-hybridized carbons (Fsp3) is 0.350. The molecule has 0 aliphatic heterocycles. The molecule has 2 aromatic carbocycles. The molecule has 2 aromatic rings. The van der Waals surface area contributed by atoms with Gasteiger partial charge in [0.2, 0.25) is 0 Å². The Balaban J connectivity index is 1.84. The fourth-order valence-corrected chi connectivity index (χ4v) is 8.67. The molecule has 1 aliphatic carbocycles. The molecule has 1 N–H and O–H groups in total. The van der Waals surface area contributed by atoms with Crippen LogP contribution in [0, 0.1) is 5.41 Å². The van der Waals surface area contributed by atoms with Gasteiger partial charge < -0.3 is 5.11 Å². The quantitative estimate of drug-likeness (QED) is 0.663. The van der Waals surface area contributed by atoms with Crippen molar-refractivity contribution in [1.29, 1.82) is 0 Å². The number of phenolic OH excluding ortho intramolecular Hbond substituents is 1. The molecule has 0 heterocycles. The monoisotopic (exact) mass is 323 g/mol. The van der Waals surface area contributed by atoms with Crippen molar-refractivity contribution in [3.05, 3.63) is 60.2 Å². The smallest absolute Gasteiger partial charge is 0.124 e. The number of hydrogen-bond donors (Lipinski definition) is 1. The Morgan fingerprint density at radius 1 is 1.00 bits per heavy atom. The van der Waals surface area contributed by atoms with Crippen molar-refractivity contribution in [3.8, 4) is 5.75 Å². The minimum Gasteiger partial charge on any atom is -0.507 e. The van der Waals surface area contributed by atoms with E-state index in [1.54, 1.807) is 6.07 Å². The number of benzene rings is 2. The molecule has 1 aliphatic rings. The maximum atomic E-state index is 9.90. The molecule has 23 heavy (non-hydrogen) atoms. The second-order valence-electron chi connectivity index (χ2n) is 7.67. The predicted molar refractivity (Wildman–Crippen MR) is 101 cm³/mol. The first-order valence-electron chi connectivity index (χ1n) is 8.22. The van der Waals surface area contributed by atoms with Crippen molar-refractivity contribution in [2.45, 2.75) is 38.5 Å². The molecule has 2 atom stereocenters. The average Bonchev–Trinajstić information content (AvgIpc) is 3.09. The first kappa shape index (κ1) is 16.0. The lowest BCUT2D eigenvalue weighted by atomic mass is 10.2. The average molecular weight is 324 g/mol. The third-order valence-corrected chi connectivity index (χ3v) is 9.81. The standard InChI is InChI=1S/C20H25NOSi/c1-20(2)18(21-14-15-10-8-9-13-17(15)22)19(20)23(3,4)16-11-6-5-7-12-16/h5-14,18-19,22H,1-4H3/t18-,19-/m0/s1. The number of nitrogens with zero attached hydrogens (tertiary/aromatic N) is 1. The van der Waals surface area contributed by atoms with Crippen molar-refractivity contribution in [1.82, 2.24) is 0 Å². The van der Waals surface area contributed by atoms with Gasteiger partial charge in [0.15, 0.2) is 0 Å². The SMILES string of the molecule is CC1(C)[C@@H](N=Cc2ccccc2O)[C@@H]1[Si](C)(C)c1ccccc1. The third kappa shape index (κ3) is 2.86. The summed E-state index contributed by atoms with van der Waals surface area (Å²) in [4.78, 5) is 4.84. The zero-order chi connectivity index (χ0) is 16.7. The Labute approximate surface area is 139 Å².